The summed E-state index contributed by atoms with van der Waals surface area (Å²) in [6.07, 6.45) is 0. The fourth-order valence-corrected chi connectivity index (χ4v) is 0.0170. The molecule has 0 amide bonds. The van der Waals surface area contributed by atoms with E-state index >= 15 is 0 Å². The summed E-state index contributed by atoms with van der Waals surface area (Å²) in [7, 11) is 1.25. The summed E-state index contributed by atoms with van der Waals surface area (Å²) in [4.78, 5) is 17.6. The first-order chi connectivity index (χ1) is 3.41. The van der Waals surface area contributed by atoms with E-state index in [1.165, 1.54) is 7.05 Å². The molecule has 0 aliphatic heterocycles. The Labute approximate surface area is 93.0 Å². The molecule has 0 saturated carbocycles. The number of nitrogens with one attached hydrogen (secondary N) is 1. The summed E-state index contributed by atoms with van der Waals surface area (Å²) in [5.41, 5.74) is 5.75. The largest absolute Gasteiger partial charge is 2.00 e. The second-order valence-corrected chi connectivity index (χ2v) is 0.269. The van der Waals surface area contributed by atoms with Crippen molar-refractivity contribution < 1.29 is 68.1 Å². The van der Waals surface area contributed by atoms with E-state index in [-0.39, 0.29) is 53.8 Å². The third kappa shape index (κ3) is 50.5. The van der Waals surface area contributed by atoms with Crippen LogP contribution in [0.1, 0.15) is 0 Å². The van der Waals surface area contributed by atoms with Gasteiger partial charge < -0.3 is 20.1 Å². The molecule has 0 heterocycles. The fraction of sp³-hybridized carbons (Fsp3) is 0.333. The van der Waals surface area contributed by atoms with Gasteiger partial charge in [0.15, 0.2) is 0 Å². The Hall–Kier alpha value is 0.892. The van der Waals surface area contributed by atoms with Gasteiger partial charge in [0.05, 0.1) is 0 Å². The number of hydrogen-bond donors (Lipinski definition) is 0. The molecule has 0 bridgehead atoms. The summed E-state index contributed by atoms with van der Waals surface area (Å²) in [6.45, 7) is 1.69. The van der Waals surface area contributed by atoms with E-state index < -0.39 is 0 Å². The zero-order valence-electron chi connectivity index (χ0n) is 4.71. The van der Waals surface area contributed by atoms with Crippen molar-refractivity contribution in [2.75, 3.05) is 7.05 Å². The topological polar surface area (TPSA) is 67.2 Å². The van der Waals surface area contributed by atoms with Crippen LogP contribution in [0.3, 0.4) is 0 Å². The molecule has 0 aromatic rings. The smallest absolute Gasteiger partial charge is 0.783 e. The zero-order valence-corrected chi connectivity index (χ0v) is 10.5. The van der Waals surface area contributed by atoms with E-state index in [1.807, 2.05) is 0 Å². The molecular weight excluding hydrogens is 371 g/mol. The van der Waals surface area contributed by atoms with Crippen molar-refractivity contribution in [3.05, 3.63) is 5.73 Å². The van der Waals surface area contributed by atoms with E-state index in [0.29, 0.717) is 0 Å². The SMILES string of the molecule is C[NH-].O=[C-]O[C-]=O.[W+2].[Y]. The molecule has 6 heteroatoms. The number of rotatable bonds is 2. The van der Waals surface area contributed by atoms with Crippen LogP contribution < -0.4 is 0 Å². The molecule has 0 aromatic heterocycles. The third-order valence-electron chi connectivity index (χ3n) is 0.0833. The van der Waals surface area contributed by atoms with Crippen LogP contribution in [0.4, 0.5) is 0 Å². The molecule has 0 unspecified atom stereocenters. The van der Waals surface area contributed by atoms with Crippen LogP contribution in [-0.2, 0) is 68.1 Å². The fourth-order valence-electron chi connectivity index (χ4n) is 0.0170. The Bertz CT molecular complexity index is 48.3. The molecule has 0 spiro atoms. The van der Waals surface area contributed by atoms with Crippen molar-refractivity contribution >= 4 is 12.9 Å². The van der Waals surface area contributed by atoms with Gasteiger partial charge in [-0.05, 0) is 0 Å². The predicted molar refractivity (Wildman–Crippen MR) is 22.7 cm³/mol. The minimum absolute atomic E-state index is 0. The maximum Gasteiger partial charge on any atom is 2.00 e. The number of hydrogen-bond acceptors (Lipinski definition) is 3. The van der Waals surface area contributed by atoms with E-state index in [9.17, 15) is 0 Å². The van der Waals surface area contributed by atoms with Gasteiger partial charge in [0.25, 0.3) is 0 Å². The van der Waals surface area contributed by atoms with Gasteiger partial charge in [-0.1, -0.05) is 0 Å². The molecule has 1 N–H and O–H groups in total. The second kappa shape index (κ2) is 36.6. The van der Waals surface area contributed by atoms with Crippen molar-refractivity contribution in [2.24, 2.45) is 0 Å². The van der Waals surface area contributed by atoms with Gasteiger partial charge in [0.1, 0.15) is 0 Å². The molecule has 0 atom stereocenters. The van der Waals surface area contributed by atoms with Gasteiger partial charge >= 0.3 is 21.1 Å². The summed E-state index contributed by atoms with van der Waals surface area (Å²) in [5, 5.41) is 0. The minimum Gasteiger partial charge on any atom is -0.783 e. The Balaban J connectivity index is -0.0000000286. The summed E-state index contributed by atoms with van der Waals surface area (Å²) in [5.74, 6) is 0. The van der Waals surface area contributed by atoms with E-state index in [1.54, 1.807) is 0 Å². The molecule has 9 heavy (non-hydrogen) atoms. The van der Waals surface area contributed by atoms with Gasteiger partial charge in [-0.3, -0.25) is 0 Å². The molecule has 0 saturated heterocycles. The maximum atomic E-state index is 8.80. The van der Waals surface area contributed by atoms with Crippen molar-refractivity contribution in [1.29, 1.82) is 0 Å². The quantitative estimate of drug-likeness (QED) is 0.496. The zero-order chi connectivity index (χ0) is 6.12. The van der Waals surface area contributed by atoms with Crippen molar-refractivity contribution in [3.63, 3.8) is 0 Å². The third-order valence-corrected chi connectivity index (χ3v) is 0.0833. The van der Waals surface area contributed by atoms with Crippen molar-refractivity contribution in [3.8, 4) is 0 Å². The van der Waals surface area contributed by atoms with Gasteiger partial charge in [-0.15, -0.1) is 12.9 Å². The number of carbonyl (C=O) groups excluding carboxylic acids is 2. The molecule has 0 aliphatic rings. The normalized spacial score (nSPS) is 3.78. The predicted octanol–water partition coefficient (Wildman–Crippen LogP) is -0.199. The van der Waals surface area contributed by atoms with E-state index in [2.05, 4.69) is 4.74 Å². The first kappa shape index (κ1) is 22.5. The van der Waals surface area contributed by atoms with Crippen LogP contribution in [0, 0.1) is 0 Å². The van der Waals surface area contributed by atoms with Gasteiger partial charge in [-0.25, -0.2) is 0 Å². The summed E-state index contributed by atoms with van der Waals surface area (Å²) in [6, 6.07) is 0. The summed E-state index contributed by atoms with van der Waals surface area (Å²) < 4.78 is 3.22. The van der Waals surface area contributed by atoms with Crippen LogP contribution in [0.15, 0.2) is 0 Å². The minimum atomic E-state index is 0. The summed E-state index contributed by atoms with van der Waals surface area (Å²) >= 11 is 0. The first-order valence-corrected chi connectivity index (χ1v) is 1.32. The molecule has 1 radical (unpaired) electrons. The molecule has 4 nitrogen and oxygen atoms in total. The second-order valence-electron chi connectivity index (χ2n) is 0.269. The van der Waals surface area contributed by atoms with E-state index in [0.717, 1.165) is 12.9 Å². The Kier molecular flexibility index (Phi) is 91.5. The molecule has 0 fully saturated rings. The monoisotopic (exact) mass is 375 g/mol. The van der Waals surface area contributed by atoms with Crippen LogP contribution in [0.2, 0.25) is 0 Å². The van der Waals surface area contributed by atoms with Crippen LogP contribution in [0.25, 0.3) is 5.73 Å². The Morgan fingerprint density at radius 2 is 1.44 bits per heavy atom. The average Bonchev–Trinajstić information content (AvgIpc) is 1.75. The van der Waals surface area contributed by atoms with Crippen molar-refractivity contribution in [2.45, 2.75) is 0 Å². The average molecular weight is 375 g/mol. The van der Waals surface area contributed by atoms with Crippen LogP contribution in [-0.4, -0.2) is 20.0 Å². The van der Waals surface area contributed by atoms with Crippen LogP contribution in [0.5, 0.6) is 0 Å². The number of ether oxygens (including phenoxy) is 1. The molecular formula is C3H4NO3WY-. The maximum absolute atomic E-state index is 8.80. The van der Waals surface area contributed by atoms with Crippen LogP contribution >= 0.6 is 0 Å². The van der Waals surface area contributed by atoms with Gasteiger partial charge in [-0.2, -0.15) is 7.05 Å². The molecule has 0 aliphatic carbocycles. The molecule has 49 valence electrons. The van der Waals surface area contributed by atoms with Gasteiger partial charge in [0.2, 0.25) is 0 Å². The Morgan fingerprint density at radius 3 is 1.44 bits per heavy atom. The molecule has 0 aromatic carbocycles. The van der Waals surface area contributed by atoms with Crippen molar-refractivity contribution in [1.82, 2.24) is 0 Å². The van der Waals surface area contributed by atoms with Gasteiger partial charge in [0, 0.05) is 32.7 Å². The molecule has 0 rings (SSSR count). The standard InChI is InChI=1S/C2O3.CH4N.W.Y/c3-1-5-2-4;1-2;;/h;2H,1H3;;/q-2;-1;+2;. The van der Waals surface area contributed by atoms with E-state index in [4.69, 9.17) is 15.3 Å². The Morgan fingerprint density at radius 1 is 1.22 bits per heavy atom. The first-order valence-electron chi connectivity index (χ1n) is 1.32.